The van der Waals surface area contributed by atoms with E-state index in [4.69, 9.17) is 14.2 Å². The van der Waals surface area contributed by atoms with Gasteiger partial charge in [0.15, 0.2) is 6.10 Å². The van der Waals surface area contributed by atoms with Crippen LogP contribution in [0.1, 0.15) is 239 Å². The molecule has 330 valence electrons. The van der Waals surface area contributed by atoms with Crippen molar-refractivity contribution in [2.24, 2.45) is 0 Å². The van der Waals surface area contributed by atoms with Crippen molar-refractivity contribution in [1.29, 1.82) is 0 Å². The average molecular weight is 799 g/mol. The van der Waals surface area contributed by atoms with Crippen LogP contribution in [0.5, 0.6) is 0 Å². The summed E-state index contributed by atoms with van der Waals surface area (Å²) in [6.07, 6.45) is 54.1. The molecule has 0 aliphatic carbocycles. The Morgan fingerprint density at radius 1 is 0.368 bits per heavy atom. The van der Waals surface area contributed by atoms with Crippen molar-refractivity contribution in [2.45, 2.75) is 245 Å². The monoisotopic (exact) mass is 799 g/mol. The van der Waals surface area contributed by atoms with E-state index in [1.807, 2.05) is 0 Å². The molecule has 6 nitrogen and oxygen atoms in total. The summed E-state index contributed by atoms with van der Waals surface area (Å²) in [6, 6.07) is 0. The Labute approximate surface area is 352 Å². The van der Waals surface area contributed by atoms with Gasteiger partial charge in [0.25, 0.3) is 0 Å². The molecule has 0 amide bonds. The van der Waals surface area contributed by atoms with Gasteiger partial charge < -0.3 is 14.2 Å². The highest BCUT2D eigenvalue weighted by molar-refractivity contribution is 5.71. The van der Waals surface area contributed by atoms with Gasteiger partial charge in [0.2, 0.25) is 0 Å². The molecule has 0 aromatic heterocycles. The van der Waals surface area contributed by atoms with Gasteiger partial charge >= 0.3 is 17.9 Å². The van der Waals surface area contributed by atoms with E-state index in [9.17, 15) is 14.4 Å². The molecule has 0 aromatic carbocycles. The molecule has 0 saturated carbocycles. The maximum absolute atomic E-state index is 12.7. The number of carbonyl (C=O) groups is 3. The lowest BCUT2D eigenvalue weighted by Crippen LogP contribution is -2.30. The van der Waals surface area contributed by atoms with Crippen LogP contribution in [0.2, 0.25) is 0 Å². The van der Waals surface area contributed by atoms with Crippen molar-refractivity contribution in [3.63, 3.8) is 0 Å². The summed E-state index contributed by atoms with van der Waals surface area (Å²) < 4.78 is 16.6. The smallest absolute Gasteiger partial charge is 0.306 e. The number of rotatable bonds is 43. The Morgan fingerprint density at radius 3 is 1.07 bits per heavy atom. The molecule has 0 fully saturated rings. The Hall–Kier alpha value is -2.63. The first kappa shape index (κ1) is 54.4. The quantitative estimate of drug-likeness (QED) is 0.0265. The number of carbonyl (C=O) groups excluding carboxylic acids is 3. The zero-order valence-corrected chi connectivity index (χ0v) is 37.6. The maximum Gasteiger partial charge on any atom is 0.306 e. The number of ether oxygens (including phenoxy) is 3. The normalized spacial score (nSPS) is 12.4. The van der Waals surface area contributed by atoms with Gasteiger partial charge in [-0.15, -0.1) is 0 Å². The van der Waals surface area contributed by atoms with Crippen molar-refractivity contribution in [1.82, 2.24) is 0 Å². The molecule has 0 heterocycles. The average Bonchev–Trinajstić information content (AvgIpc) is 3.21. The zero-order chi connectivity index (χ0) is 41.5. The van der Waals surface area contributed by atoms with Gasteiger partial charge in [-0.3, -0.25) is 14.4 Å². The van der Waals surface area contributed by atoms with E-state index < -0.39 is 6.10 Å². The van der Waals surface area contributed by atoms with E-state index >= 15 is 0 Å². The first-order valence-corrected chi connectivity index (χ1v) is 24.1. The largest absolute Gasteiger partial charge is 0.462 e. The lowest BCUT2D eigenvalue weighted by atomic mass is 10.0. The number of allylic oxidation sites excluding steroid dienone is 8. The number of hydrogen-bond acceptors (Lipinski definition) is 6. The molecule has 0 spiro atoms. The minimum Gasteiger partial charge on any atom is -0.462 e. The van der Waals surface area contributed by atoms with Crippen LogP contribution in [-0.2, 0) is 28.6 Å². The first-order valence-electron chi connectivity index (χ1n) is 24.1. The molecule has 6 heteroatoms. The fraction of sp³-hybridized carbons (Fsp3) is 0.784. The highest BCUT2D eigenvalue weighted by Crippen LogP contribution is 2.15. The second-order valence-corrected chi connectivity index (χ2v) is 16.0. The molecule has 1 unspecified atom stereocenters. The van der Waals surface area contributed by atoms with Crippen LogP contribution >= 0.6 is 0 Å². The summed E-state index contributed by atoms with van der Waals surface area (Å²) >= 11 is 0. The van der Waals surface area contributed by atoms with Crippen LogP contribution in [-0.4, -0.2) is 37.2 Å². The summed E-state index contributed by atoms with van der Waals surface area (Å²) in [4.78, 5) is 37.6. The zero-order valence-electron chi connectivity index (χ0n) is 37.6. The Kier molecular flexibility index (Phi) is 43.9. The topological polar surface area (TPSA) is 78.9 Å². The van der Waals surface area contributed by atoms with Crippen molar-refractivity contribution < 1.29 is 28.6 Å². The minimum absolute atomic E-state index is 0.0874. The lowest BCUT2D eigenvalue weighted by molar-refractivity contribution is -0.167. The summed E-state index contributed by atoms with van der Waals surface area (Å²) in [7, 11) is 0. The molecule has 1 atom stereocenters. The van der Waals surface area contributed by atoms with Gasteiger partial charge in [0, 0.05) is 19.3 Å². The van der Waals surface area contributed by atoms with Crippen LogP contribution in [0, 0.1) is 0 Å². The summed E-state index contributed by atoms with van der Waals surface area (Å²) in [5.74, 6) is -0.935. The Bertz CT molecular complexity index is 1010. The highest BCUT2D eigenvalue weighted by atomic mass is 16.6. The number of esters is 3. The van der Waals surface area contributed by atoms with E-state index in [1.54, 1.807) is 0 Å². The molecule has 0 radical (unpaired) electrons. The van der Waals surface area contributed by atoms with Crippen LogP contribution in [0.3, 0.4) is 0 Å². The van der Waals surface area contributed by atoms with Gasteiger partial charge in [-0.1, -0.05) is 211 Å². The third-order valence-corrected chi connectivity index (χ3v) is 10.3. The van der Waals surface area contributed by atoms with Gasteiger partial charge in [-0.05, 0) is 57.8 Å². The third kappa shape index (κ3) is 44.3. The van der Waals surface area contributed by atoms with Crippen LogP contribution in [0.15, 0.2) is 48.6 Å². The fourth-order valence-electron chi connectivity index (χ4n) is 6.73. The number of hydrogen-bond donors (Lipinski definition) is 0. The summed E-state index contributed by atoms with van der Waals surface area (Å²) in [5.41, 5.74) is 0. The molecule has 0 saturated heterocycles. The van der Waals surface area contributed by atoms with E-state index in [0.717, 1.165) is 77.0 Å². The van der Waals surface area contributed by atoms with Gasteiger partial charge in [0.05, 0.1) is 0 Å². The molecule has 0 aromatic rings. The predicted octanol–water partition coefficient (Wildman–Crippen LogP) is 15.5. The SMILES string of the molecule is CC/C=C\C/C=C\C/C=C\C/C=C\CCCCC(=O)OC(COC(=O)CCCCCCCC)COC(=O)CCCCCCCCCCCCCCCCCCCC. The van der Waals surface area contributed by atoms with Crippen molar-refractivity contribution >= 4 is 17.9 Å². The van der Waals surface area contributed by atoms with Crippen molar-refractivity contribution in [3.05, 3.63) is 48.6 Å². The highest BCUT2D eigenvalue weighted by Gasteiger charge is 2.19. The molecular weight excluding hydrogens is 709 g/mol. The van der Waals surface area contributed by atoms with E-state index in [1.165, 1.54) is 116 Å². The van der Waals surface area contributed by atoms with Crippen LogP contribution in [0.4, 0.5) is 0 Å². The first-order chi connectivity index (χ1) is 28.0. The van der Waals surface area contributed by atoms with Gasteiger partial charge in [-0.25, -0.2) is 0 Å². The summed E-state index contributed by atoms with van der Waals surface area (Å²) in [5, 5.41) is 0. The predicted molar refractivity (Wildman–Crippen MR) is 242 cm³/mol. The van der Waals surface area contributed by atoms with Crippen LogP contribution < -0.4 is 0 Å². The third-order valence-electron chi connectivity index (χ3n) is 10.3. The van der Waals surface area contributed by atoms with Gasteiger partial charge in [0.1, 0.15) is 13.2 Å². The van der Waals surface area contributed by atoms with Gasteiger partial charge in [-0.2, -0.15) is 0 Å². The van der Waals surface area contributed by atoms with E-state index in [2.05, 4.69) is 69.4 Å². The van der Waals surface area contributed by atoms with E-state index in [-0.39, 0.29) is 37.5 Å². The molecule has 0 N–H and O–H groups in total. The fourth-order valence-corrected chi connectivity index (χ4v) is 6.73. The number of unbranched alkanes of at least 4 members (excludes halogenated alkanes) is 24. The second-order valence-electron chi connectivity index (χ2n) is 16.0. The van der Waals surface area contributed by atoms with Crippen molar-refractivity contribution in [2.75, 3.05) is 13.2 Å². The Morgan fingerprint density at radius 2 is 0.684 bits per heavy atom. The van der Waals surface area contributed by atoms with Crippen LogP contribution in [0.25, 0.3) is 0 Å². The molecule has 0 bridgehead atoms. The summed E-state index contributed by atoms with van der Waals surface area (Å²) in [6.45, 7) is 6.44. The standard InChI is InChI=1S/C51H90O6/c1-4-7-10-13-16-18-20-22-24-25-26-28-29-31-33-35-38-41-44-50(53)56-47-48(46-55-49(52)43-40-37-15-12-9-6-3)57-51(54)45-42-39-36-34-32-30-27-23-21-19-17-14-11-8-5-2/h8,11,17,19,23,27,32,34,48H,4-7,9-10,12-16,18,20-22,24-26,28-31,33,35-47H2,1-3H3/b11-8-,19-17-,27-23-,34-32-. The van der Waals surface area contributed by atoms with E-state index in [0.29, 0.717) is 19.3 Å². The molecule has 0 aliphatic rings. The molecule has 57 heavy (non-hydrogen) atoms. The minimum atomic E-state index is -0.787. The molecular formula is C51H90O6. The Balaban J connectivity index is 4.26. The van der Waals surface area contributed by atoms with Crippen molar-refractivity contribution in [3.8, 4) is 0 Å². The lowest BCUT2D eigenvalue weighted by Gasteiger charge is -2.18. The maximum atomic E-state index is 12.7. The second kappa shape index (κ2) is 46.1. The molecule has 0 aliphatic heterocycles. The molecule has 0 rings (SSSR count).